The number of carbonyl (C=O) groups is 1. The molecule has 1 aliphatic rings. The molecule has 116 valence electrons. The van der Waals surface area contributed by atoms with E-state index in [2.05, 4.69) is 26.1 Å². The van der Waals surface area contributed by atoms with E-state index in [0.717, 1.165) is 32.8 Å². The van der Waals surface area contributed by atoms with Crippen molar-refractivity contribution in [1.82, 2.24) is 10.2 Å². The average molecular weight is 361 g/mol. The van der Waals surface area contributed by atoms with Crippen LogP contribution >= 0.6 is 15.9 Å². The van der Waals surface area contributed by atoms with Crippen LogP contribution < -0.4 is 10.1 Å². The highest BCUT2D eigenvalue weighted by Crippen LogP contribution is 2.25. The maximum Gasteiger partial charge on any atom is 0.257 e. The number of hydrogen-bond donors (Lipinski definition) is 1. The summed E-state index contributed by atoms with van der Waals surface area (Å²) >= 11 is 3.19. The van der Waals surface area contributed by atoms with Crippen molar-refractivity contribution in [3.05, 3.63) is 28.5 Å². The first-order chi connectivity index (χ1) is 10.1. The third-order valence-electron chi connectivity index (χ3n) is 3.11. The van der Waals surface area contributed by atoms with Crippen LogP contribution in [0.1, 0.15) is 0 Å². The summed E-state index contributed by atoms with van der Waals surface area (Å²) in [4.78, 5) is 13.9. The molecular formula is C14H18BrFN2O3. The van der Waals surface area contributed by atoms with Gasteiger partial charge in [0.15, 0.2) is 6.61 Å². The smallest absolute Gasteiger partial charge is 0.257 e. The van der Waals surface area contributed by atoms with Crippen molar-refractivity contribution in [2.24, 2.45) is 0 Å². The Morgan fingerprint density at radius 3 is 2.90 bits per heavy atom. The summed E-state index contributed by atoms with van der Waals surface area (Å²) in [5.74, 6) is -0.108. The van der Waals surface area contributed by atoms with Crippen molar-refractivity contribution in [2.75, 3.05) is 46.0 Å². The molecule has 1 aliphatic heterocycles. The van der Waals surface area contributed by atoms with E-state index in [1.54, 1.807) is 0 Å². The van der Waals surface area contributed by atoms with E-state index >= 15 is 0 Å². The number of morpholine rings is 1. The van der Waals surface area contributed by atoms with Crippen LogP contribution in [0.2, 0.25) is 0 Å². The minimum absolute atomic E-state index is 0.0899. The SMILES string of the molecule is O=C(COc1ccc(F)cc1Br)NCCN1CCOCC1. The number of hydrogen-bond acceptors (Lipinski definition) is 4. The van der Waals surface area contributed by atoms with E-state index in [4.69, 9.17) is 9.47 Å². The fraction of sp³-hybridized carbons (Fsp3) is 0.500. The van der Waals surface area contributed by atoms with Crippen molar-refractivity contribution < 1.29 is 18.7 Å². The molecule has 1 amide bonds. The number of halogens is 2. The summed E-state index contributed by atoms with van der Waals surface area (Å²) in [6.45, 7) is 4.57. The number of amides is 1. The van der Waals surface area contributed by atoms with Crippen LogP contribution in [0.3, 0.4) is 0 Å². The number of nitrogens with zero attached hydrogens (tertiary/aromatic N) is 1. The first kappa shape index (κ1) is 16.2. The quantitative estimate of drug-likeness (QED) is 0.833. The molecular weight excluding hydrogens is 343 g/mol. The van der Waals surface area contributed by atoms with Crippen molar-refractivity contribution in [3.8, 4) is 5.75 Å². The predicted molar refractivity (Wildman–Crippen MR) is 79.9 cm³/mol. The molecule has 0 radical (unpaired) electrons. The lowest BCUT2D eigenvalue weighted by atomic mass is 10.3. The van der Waals surface area contributed by atoms with Crippen LogP contribution in [0.15, 0.2) is 22.7 Å². The number of ether oxygens (including phenoxy) is 2. The fourth-order valence-electron chi connectivity index (χ4n) is 1.96. The minimum atomic E-state index is -0.357. The zero-order valence-electron chi connectivity index (χ0n) is 11.6. The second-order valence-electron chi connectivity index (χ2n) is 4.67. The molecule has 0 bridgehead atoms. The minimum Gasteiger partial charge on any atom is -0.483 e. The number of rotatable bonds is 6. The summed E-state index contributed by atoms with van der Waals surface area (Å²) in [5.41, 5.74) is 0. The average Bonchev–Trinajstić information content (AvgIpc) is 2.47. The van der Waals surface area contributed by atoms with Gasteiger partial charge in [-0.1, -0.05) is 0 Å². The van der Waals surface area contributed by atoms with Crippen molar-refractivity contribution >= 4 is 21.8 Å². The van der Waals surface area contributed by atoms with Crippen LogP contribution in [-0.2, 0) is 9.53 Å². The Labute approximate surface area is 131 Å². The summed E-state index contributed by atoms with van der Waals surface area (Å²) in [7, 11) is 0. The second-order valence-corrected chi connectivity index (χ2v) is 5.52. The van der Waals surface area contributed by atoms with Gasteiger partial charge in [-0.2, -0.15) is 0 Å². The highest BCUT2D eigenvalue weighted by atomic mass is 79.9. The highest BCUT2D eigenvalue weighted by Gasteiger charge is 2.10. The second kappa shape index (κ2) is 8.31. The van der Waals surface area contributed by atoms with Crippen LogP contribution in [0, 0.1) is 5.82 Å². The lowest BCUT2D eigenvalue weighted by Crippen LogP contribution is -2.42. The fourth-order valence-corrected chi connectivity index (χ4v) is 2.43. The summed E-state index contributed by atoms with van der Waals surface area (Å²) in [6.07, 6.45) is 0. The first-order valence-electron chi connectivity index (χ1n) is 6.80. The maximum absolute atomic E-state index is 12.9. The van der Waals surface area contributed by atoms with E-state index in [9.17, 15) is 9.18 Å². The molecule has 2 rings (SSSR count). The monoisotopic (exact) mass is 360 g/mol. The lowest BCUT2D eigenvalue weighted by molar-refractivity contribution is -0.123. The predicted octanol–water partition coefficient (Wildman–Crippen LogP) is 1.42. The van der Waals surface area contributed by atoms with Crippen molar-refractivity contribution in [2.45, 2.75) is 0 Å². The highest BCUT2D eigenvalue weighted by molar-refractivity contribution is 9.10. The molecule has 0 saturated carbocycles. The Morgan fingerprint density at radius 2 is 2.19 bits per heavy atom. The molecule has 0 atom stereocenters. The molecule has 1 saturated heterocycles. The molecule has 0 spiro atoms. The van der Waals surface area contributed by atoms with Gasteiger partial charge in [0.05, 0.1) is 17.7 Å². The molecule has 5 nitrogen and oxygen atoms in total. The molecule has 0 aliphatic carbocycles. The van der Waals surface area contributed by atoms with E-state index in [1.165, 1.54) is 18.2 Å². The van der Waals surface area contributed by atoms with Gasteiger partial charge in [-0.15, -0.1) is 0 Å². The zero-order valence-corrected chi connectivity index (χ0v) is 13.2. The van der Waals surface area contributed by atoms with E-state index in [1.807, 2.05) is 0 Å². The van der Waals surface area contributed by atoms with Gasteiger partial charge in [0, 0.05) is 26.2 Å². The lowest BCUT2D eigenvalue weighted by Gasteiger charge is -2.26. The van der Waals surface area contributed by atoms with Crippen LogP contribution in [0.5, 0.6) is 5.75 Å². The summed E-state index contributed by atoms with van der Waals surface area (Å²) in [5, 5.41) is 2.80. The Bertz CT molecular complexity index is 481. The molecule has 7 heteroatoms. The topological polar surface area (TPSA) is 50.8 Å². The molecule has 1 aromatic rings. The summed E-state index contributed by atoms with van der Waals surface area (Å²) < 4.78 is 24.0. The normalized spacial score (nSPS) is 15.7. The van der Waals surface area contributed by atoms with E-state index in [0.29, 0.717) is 16.8 Å². The molecule has 1 fully saturated rings. The molecule has 1 heterocycles. The van der Waals surface area contributed by atoms with Gasteiger partial charge >= 0.3 is 0 Å². The van der Waals surface area contributed by atoms with Gasteiger partial charge < -0.3 is 14.8 Å². The molecule has 0 aromatic heterocycles. The van der Waals surface area contributed by atoms with Gasteiger partial charge in [0.25, 0.3) is 5.91 Å². The van der Waals surface area contributed by atoms with Gasteiger partial charge in [0.2, 0.25) is 0 Å². The molecule has 1 N–H and O–H groups in total. The maximum atomic E-state index is 12.9. The first-order valence-corrected chi connectivity index (χ1v) is 7.59. The largest absolute Gasteiger partial charge is 0.483 e. The Kier molecular flexibility index (Phi) is 6.41. The number of carbonyl (C=O) groups excluding carboxylic acids is 1. The molecule has 1 aromatic carbocycles. The molecule has 21 heavy (non-hydrogen) atoms. The van der Waals surface area contributed by atoms with E-state index in [-0.39, 0.29) is 18.3 Å². The Hall–Kier alpha value is -1.18. The van der Waals surface area contributed by atoms with Crippen LogP contribution in [0.4, 0.5) is 4.39 Å². The van der Waals surface area contributed by atoms with Gasteiger partial charge in [-0.25, -0.2) is 4.39 Å². The number of benzene rings is 1. The number of nitrogens with one attached hydrogen (secondary N) is 1. The third kappa shape index (κ3) is 5.61. The standard InChI is InChI=1S/C14H18BrFN2O3/c15-12-9-11(16)1-2-13(12)21-10-14(19)17-3-4-18-5-7-20-8-6-18/h1-2,9H,3-8,10H2,(H,17,19). The van der Waals surface area contributed by atoms with Crippen LogP contribution in [0.25, 0.3) is 0 Å². The van der Waals surface area contributed by atoms with Gasteiger partial charge in [-0.3, -0.25) is 9.69 Å². The van der Waals surface area contributed by atoms with Gasteiger partial charge in [-0.05, 0) is 34.1 Å². The van der Waals surface area contributed by atoms with Gasteiger partial charge in [0.1, 0.15) is 11.6 Å². The van der Waals surface area contributed by atoms with E-state index < -0.39 is 0 Å². The van der Waals surface area contributed by atoms with Crippen LogP contribution in [-0.4, -0.2) is 56.8 Å². The van der Waals surface area contributed by atoms with Crippen molar-refractivity contribution in [3.63, 3.8) is 0 Å². The van der Waals surface area contributed by atoms with Crippen molar-refractivity contribution in [1.29, 1.82) is 0 Å². The Balaban J connectivity index is 1.65. The molecule has 0 unspecified atom stereocenters. The summed E-state index contributed by atoms with van der Waals surface area (Å²) in [6, 6.07) is 4.07. The zero-order chi connectivity index (χ0) is 15.1. The third-order valence-corrected chi connectivity index (χ3v) is 3.73. The Morgan fingerprint density at radius 1 is 1.43 bits per heavy atom.